The second-order valence-electron chi connectivity index (χ2n) is 3.14. The minimum absolute atomic E-state index is 0.176. The first-order valence-corrected chi connectivity index (χ1v) is 5.42. The van der Waals surface area contributed by atoms with Crippen LogP contribution in [0.1, 0.15) is 5.69 Å². The normalized spacial score (nSPS) is 10.2. The standard InChI is InChI=1S/C10H9N3O2S/c11-6-1-2-7(10-12-3-4-16-10)13-8(6)5-9(14)15/h1-4H,5,11H2,(H,14,15). The Labute approximate surface area is 95.6 Å². The Morgan fingerprint density at radius 1 is 1.50 bits per heavy atom. The monoisotopic (exact) mass is 235 g/mol. The molecule has 0 fully saturated rings. The number of nitrogen functional groups attached to an aromatic ring is 1. The summed E-state index contributed by atoms with van der Waals surface area (Å²) in [5, 5.41) is 11.3. The van der Waals surface area contributed by atoms with Gasteiger partial charge in [-0.25, -0.2) is 9.97 Å². The van der Waals surface area contributed by atoms with Crippen molar-refractivity contribution < 1.29 is 9.90 Å². The number of hydrogen-bond donors (Lipinski definition) is 2. The van der Waals surface area contributed by atoms with Crippen molar-refractivity contribution in [1.82, 2.24) is 9.97 Å². The molecule has 2 aromatic heterocycles. The molecule has 0 bridgehead atoms. The number of aromatic nitrogens is 2. The molecule has 0 unspecified atom stereocenters. The third kappa shape index (κ3) is 2.17. The molecule has 0 aliphatic rings. The van der Waals surface area contributed by atoms with E-state index in [4.69, 9.17) is 10.8 Å². The number of nitrogens with zero attached hydrogens (tertiary/aromatic N) is 2. The summed E-state index contributed by atoms with van der Waals surface area (Å²) in [6.45, 7) is 0. The number of pyridine rings is 1. The van der Waals surface area contributed by atoms with E-state index in [9.17, 15) is 4.79 Å². The second-order valence-corrected chi connectivity index (χ2v) is 4.03. The largest absolute Gasteiger partial charge is 0.481 e. The summed E-state index contributed by atoms with van der Waals surface area (Å²) in [4.78, 5) is 18.9. The number of carboxylic acids is 1. The van der Waals surface area contributed by atoms with E-state index in [0.29, 0.717) is 17.1 Å². The third-order valence-electron chi connectivity index (χ3n) is 1.98. The molecule has 0 aromatic carbocycles. The maximum atomic E-state index is 10.6. The first kappa shape index (κ1) is 10.6. The maximum absolute atomic E-state index is 10.6. The van der Waals surface area contributed by atoms with Gasteiger partial charge in [-0.1, -0.05) is 0 Å². The highest BCUT2D eigenvalue weighted by Gasteiger charge is 2.09. The van der Waals surface area contributed by atoms with Gasteiger partial charge in [-0.15, -0.1) is 11.3 Å². The van der Waals surface area contributed by atoms with Gasteiger partial charge >= 0.3 is 5.97 Å². The van der Waals surface area contributed by atoms with E-state index in [0.717, 1.165) is 5.01 Å². The molecule has 16 heavy (non-hydrogen) atoms. The van der Waals surface area contributed by atoms with Crippen molar-refractivity contribution in [2.24, 2.45) is 0 Å². The predicted octanol–water partition coefficient (Wildman–Crippen LogP) is 1.41. The smallest absolute Gasteiger partial charge is 0.309 e. The van der Waals surface area contributed by atoms with Crippen molar-refractivity contribution in [3.8, 4) is 10.7 Å². The van der Waals surface area contributed by atoms with Crippen LogP contribution < -0.4 is 5.73 Å². The number of aliphatic carboxylic acids is 1. The molecule has 0 aliphatic carbocycles. The summed E-state index contributed by atoms with van der Waals surface area (Å²) in [7, 11) is 0. The van der Waals surface area contributed by atoms with Gasteiger partial charge in [0.25, 0.3) is 0 Å². The number of thiazole rings is 1. The van der Waals surface area contributed by atoms with Gasteiger partial charge in [0.2, 0.25) is 0 Å². The summed E-state index contributed by atoms with van der Waals surface area (Å²) in [5.41, 5.74) is 7.07. The van der Waals surface area contributed by atoms with Crippen LogP contribution in [-0.4, -0.2) is 21.0 Å². The number of rotatable bonds is 3. The number of carboxylic acid groups (broad SMARTS) is 1. The Balaban J connectivity index is 2.39. The van der Waals surface area contributed by atoms with Crippen LogP contribution in [0.15, 0.2) is 23.7 Å². The summed E-state index contributed by atoms with van der Waals surface area (Å²) in [5.74, 6) is -0.949. The van der Waals surface area contributed by atoms with Crippen LogP contribution in [0.5, 0.6) is 0 Å². The molecule has 82 valence electrons. The fraction of sp³-hybridized carbons (Fsp3) is 0.100. The molecule has 0 amide bonds. The van der Waals surface area contributed by atoms with Crippen LogP contribution in [0.25, 0.3) is 10.7 Å². The molecule has 0 aliphatic heterocycles. The SMILES string of the molecule is Nc1ccc(-c2nccs2)nc1CC(=O)O. The molecular formula is C10H9N3O2S. The van der Waals surface area contributed by atoms with E-state index in [-0.39, 0.29) is 6.42 Å². The van der Waals surface area contributed by atoms with Gasteiger partial charge in [-0.2, -0.15) is 0 Å². The number of hydrogen-bond acceptors (Lipinski definition) is 5. The molecule has 2 aromatic rings. The van der Waals surface area contributed by atoms with Gasteiger partial charge in [0.05, 0.1) is 23.5 Å². The summed E-state index contributed by atoms with van der Waals surface area (Å²) >= 11 is 1.45. The van der Waals surface area contributed by atoms with Crippen LogP contribution in [0, 0.1) is 0 Å². The number of nitrogens with two attached hydrogens (primary N) is 1. The lowest BCUT2D eigenvalue weighted by atomic mass is 10.2. The van der Waals surface area contributed by atoms with Crippen LogP contribution in [0.3, 0.4) is 0 Å². The van der Waals surface area contributed by atoms with Gasteiger partial charge in [-0.05, 0) is 12.1 Å². The molecule has 2 heterocycles. The summed E-state index contributed by atoms with van der Waals surface area (Å²) < 4.78 is 0. The van der Waals surface area contributed by atoms with Crippen molar-refractivity contribution in [2.45, 2.75) is 6.42 Å². The topological polar surface area (TPSA) is 89.1 Å². The zero-order chi connectivity index (χ0) is 11.5. The van der Waals surface area contributed by atoms with Gasteiger partial charge in [0.1, 0.15) is 5.01 Å². The quantitative estimate of drug-likeness (QED) is 0.839. The second kappa shape index (κ2) is 4.28. The molecule has 0 saturated heterocycles. The molecule has 0 spiro atoms. The molecule has 5 nitrogen and oxygen atoms in total. The minimum Gasteiger partial charge on any atom is -0.481 e. The van der Waals surface area contributed by atoms with Gasteiger partial charge in [0, 0.05) is 11.6 Å². The Kier molecular flexibility index (Phi) is 2.82. The predicted molar refractivity (Wildman–Crippen MR) is 61.1 cm³/mol. The van der Waals surface area contributed by atoms with Crippen molar-refractivity contribution in [1.29, 1.82) is 0 Å². The summed E-state index contributed by atoms with van der Waals surface area (Å²) in [6, 6.07) is 3.39. The van der Waals surface area contributed by atoms with Crippen LogP contribution in [0.2, 0.25) is 0 Å². The van der Waals surface area contributed by atoms with E-state index in [2.05, 4.69) is 9.97 Å². The summed E-state index contributed by atoms with van der Waals surface area (Å²) in [6.07, 6.45) is 1.50. The third-order valence-corrected chi connectivity index (χ3v) is 2.78. The number of anilines is 1. The highest BCUT2D eigenvalue weighted by Crippen LogP contribution is 2.22. The van der Waals surface area contributed by atoms with E-state index in [1.54, 1.807) is 18.3 Å². The van der Waals surface area contributed by atoms with Crippen molar-refractivity contribution in [3.63, 3.8) is 0 Å². The van der Waals surface area contributed by atoms with Gasteiger partial charge < -0.3 is 10.8 Å². The fourth-order valence-corrected chi connectivity index (χ4v) is 1.87. The van der Waals surface area contributed by atoms with E-state index >= 15 is 0 Å². The first-order chi connectivity index (χ1) is 7.66. The Bertz CT molecular complexity index is 511. The van der Waals surface area contributed by atoms with Crippen molar-refractivity contribution in [3.05, 3.63) is 29.4 Å². The van der Waals surface area contributed by atoms with Gasteiger partial charge in [-0.3, -0.25) is 4.79 Å². The van der Waals surface area contributed by atoms with Gasteiger partial charge in [0.15, 0.2) is 0 Å². The zero-order valence-electron chi connectivity index (χ0n) is 8.25. The Morgan fingerprint density at radius 3 is 2.94 bits per heavy atom. The molecule has 0 atom stereocenters. The highest BCUT2D eigenvalue weighted by atomic mass is 32.1. The zero-order valence-corrected chi connectivity index (χ0v) is 9.07. The molecule has 0 radical (unpaired) electrons. The lowest BCUT2D eigenvalue weighted by molar-refractivity contribution is -0.136. The molecule has 0 saturated carbocycles. The highest BCUT2D eigenvalue weighted by molar-refractivity contribution is 7.13. The minimum atomic E-state index is -0.949. The lowest BCUT2D eigenvalue weighted by Crippen LogP contribution is -2.06. The van der Waals surface area contributed by atoms with E-state index in [1.807, 2.05) is 5.38 Å². The van der Waals surface area contributed by atoms with Crippen LogP contribution in [-0.2, 0) is 11.2 Å². The van der Waals surface area contributed by atoms with E-state index < -0.39 is 5.97 Å². The average molecular weight is 235 g/mol. The maximum Gasteiger partial charge on any atom is 0.309 e. The van der Waals surface area contributed by atoms with Crippen molar-refractivity contribution >= 4 is 23.0 Å². The molecule has 6 heteroatoms. The average Bonchev–Trinajstić information content (AvgIpc) is 2.73. The molecule has 3 N–H and O–H groups in total. The van der Waals surface area contributed by atoms with Crippen molar-refractivity contribution in [2.75, 3.05) is 5.73 Å². The Hall–Kier alpha value is -1.95. The van der Waals surface area contributed by atoms with Crippen LogP contribution in [0.4, 0.5) is 5.69 Å². The van der Waals surface area contributed by atoms with E-state index in [1.165, 1.54) is 11.3 Å². The first-order valence-electron chi connectivity index (χ1n) is 4.54. The lowest BCUT2D eigenvalue weighted by Gasteiger charge is -2.03. The molecule has 2 rings (SSSR count). The molecular weight excluding hydrogens is 226 g/mol. The Morgan fingerprint density at radius 2 is 2.31 bits per heavy atom. The number of carbonyl (C=O) groups is 1. The fourth-order valence-electron chi connectivity index (χ4n) is 1.27. The van der Waals surface area contributed by atoms with Crippen LogP contribution >= 0.6 is 11.3 Å².